The lowest BCUT2D eigenvalue weighted by Crippen LogP contribution is -1.97. The summed E-state index contributed by atoms with van der Waals surface area (Å²) in [6.45, 7) is 6.35. The Hall–Kier alpha value is -2.60. The molecule has 0 spiro atoms. The van der Waals surface area contributed by atoms with E-state index in [1.165, 1.54) is 22.3 Å². The molecule has 0 unspecified atom stereocenters. The van der Waals surface area contributed by atoms with Crippen molar-refractivity contribution in [1.82, 2.24) is 9.55 Å². The Kier molecular flexibility index (Phi) is 3.03. The minimum Gasteiger partial charge on any atom is -0.327 e. The first-order valence-electron chi connectivity index (χ1n) is 6.96. The zero-order valence-electron chi connectivity index (χ0n) is 12.7. The van der Waals surface area contributed by atoms with Gasteiger partial charge in [-0.15, -0.1) is 0 Å². The van der Waals surface area contributed by atoms with Crippen molar-refractivity contribution < 1.29 is 0 Å². The van der Waals surface area contributed by atoms with Crippen LogP contribution in [-0.2, 0) is 7.05 Å². The van der Waals surface area contributed by atoms with Gasteiger partial charge in [0.2, 0.25) is 0 Å². The highest BCUT2D eigenvalue weighted by Crippen LogP contribution is 2.30. The summed E-state index contributed by atoms with van der Waals surface area (Å²) >= 11 is 0. The zero-order chi connectivity index (χ0) is 15.1. The van der Waals surface area contributed by atoms with Gasteiger partial charge in [0.1, 0.15) is 5.82 Å². The molecule has 0 aliphatic heterocycles. The van der Waals surface area contributed by atoms with Crippen molar-refractivity contribution in [3.05, 3.63) is 52.6 Å². The van der Waals surface area contributed by atoms with Crippen LogP contribution in [0.1, 0.15) is 22.3 Å². The molecule has 0 bridgehead atoms. The van der Waals surface area contributed by atoms with Crippen molar-refractivity contribution in [2.45, 2.75) is 20.8 Å². The predicted octanol–water partition coefficient (Wildman–Crippen LogP) is 4.04. The number of fused-ring (bicyclic) bond motifs is 1. The second kappa shape index (κ2) is 4.75. The van der Waals surface area contributed by atoms with Crippen molar-refractivity contribution in [3.63, 3.8) is 0 Å². The van der Waals surface area contributed by atoms with Crippen LogP contribution in [0.4, 0.5) is 0 Å². The molecule has 0 aliphatic rings. The lowest BCUT2D eigenvalue weighted by Gasteiger charge is -2.11. The Morgan fingerprint density at radius 2 is 1.71 bits per heavy atom. The Morgan fingerprint density at radius 1 is 1.05 bits per heavy atom. The van der Waals surface area contributed by atoms with Crippen LogP contribution >= 0.6 is 0 Å². The smallest absolute Gasteiger partial charge is 0.141 e. The van der Waals surface area contributed by atoms with Gasteiger partial charge in [-0.25, -0.2) is 4.98 Å². The number of nitriles is 1. The number of hydrogen-bond acceptors (Lipinski definition) is 2. The first-order valence-corrected chi connectivity index (χ1v) is 6.96. The number of benzene rings is 2. The van der Waals surface area contributed by atoms with E-state index in [4.69, 9.17) is 10.2 Å². The van der Waals surface area contributed by atoms with E-state index in [1.54, 1.807) is 0 Å². The highest BCUT2D eigenvalue weighted by molar-refractivity contribution is 5.83. The molecule has 3 heteroatoms. The molecule has 2 aromatic carbocycles. The molecule has 3 aromatic rings. The standard InChI is InChI=1S/C18H17N3/c1-11-7-12(2)17(13(3)8-11)18-20-15-9-14(10-19)5-6-16(15)21(18)4/h5-9H,1-4H3. The predicted molar refractivity (Wildman–Crippen MR) is 85.1 cm³/mol. The van der Waals surface area contributed by atoms with Gasteiger partial charge < -0.3 is 4.57 Å². The van der Waals surface area contributed by atoms with Gasteiger partial charge in [0, 0.05) is 12.6 Å². The molecule has 3 rings (SSSR count). The summed E-state index contributed by atoms with van der Waals surface area (Å²) in [5, 5.41) is 9.02. The van der Waals surface area contributed by atoms with Gasteiger partial charge in [0.05, 0.1) is 22.7 Å². The molecule has 1 aromatic heterocycles. The fourth-order valence-corrected chi connectivity index (χ4v) is 3.03. The quantitative estimate of drug-likeness (QED) is 0.672. The molecule has 0 radical (unpaired) electrons. The van der Waals surface area contributed by atoms with E-state index >= 15 is 0 Å². The molecule has 0 saturated carbocycles. The Bertz CT molecular complexity index is 872. The Morgan fingerprint density at radius 3 is 2.33 bits per heavy atom. The third-order valence-electron chi connectivity index (χ3n) is 3.91. The normalized spacial score (nSPS) is 10.8. The van der Waals surface area contributed by atoms with Gasteiger partial charge >= 0.3 is 0 Å². The lowest BCUT2D eigenvalue weighted by molar-refractivity contribution is 0.955. The fraction of sp³-hybridized carbons (Fsp3) is 0.222. The average Bonchev–Trinajstić information content (AvgIpc) is 2.74. The molecule has 21 heavy (non-hydrogen) atoms. The maximum absolute atomic E-state index is 9.02. The number of aromatic nitrogens is 2. The number of nitrogens with zero attached hydrogens (tertiary/aromatic N) is 3. The summed E-state index contributed by atoms with van der Waals surface area (Å²) in [6, 6.07) is 12.2. The Labute approximate surface area is 124 Å². The van der Waals surface area contributed by atoms with Crippen molar-refractivity contribution in [3.8, 4) is 17.5 Å². The molecule has 0 saturated heterocycles. The molecule has 0 amide bonds. The third kappa shape index (κ3) is 2.09. The van der Waals surface area contributed by atoms with Gasteiger partial charge in [0.25, 0.3) is 0 Å². The number of rotatable bonds is 1. The molecule has 104 valence electrons. The van der Waals surface area contributed by atoms with Crippen LogP contribution < -0.4 is 0 Å². The third-order valence-corrected chi connectivity index (χ3v) is 3.91. The minimum absolute atomic E-state index is 0.643. The summed E-state index contributed by atoms with van der Waals surface area (Å²) in [7, 11) is 2.02. The zero-order valence-corrected chi connectivity index (χ0v) is 12.7. The first kappa shape index (κ1) is 13.4. The van der Waals surface area contributed by atoms with E-state index < -0.39 is 0 Å². The first-order chi connectivity index (χ1) is 10.0. The fourth-order valence-electron chi connectivity index (χ4n) is 3.03. The summed E-state index contributed by atoms with van der Waals surface area (Å²) in [4.78, 5) is 4.75. The molecule has 0 atom stereocenters. The van der Waals surface area contributed by atoms with Crippen LogP contribution in [0.2, 0.25) is 0 Å². The number of hydrogen-bond donors (Lipinski definition) is 0. The Balaban J connectivity index is 2.31. The second-order valence-electron chi connectivity index (χ2n) is 5.58. The lowest BCUT2D eigenvalue weighted by atomic mass is 9.99. The van der Waals surface area contributed by atoms with Crippen molar-refractivity contribution in [2.75, 3.05) is 0 Å². The summed E-state index contributed by atoms with van der Waals surface area (Å²) in [5.74, 6) is 0.954. The molecule has 3 nitrogen and oxygen atoms in total. The van der Waals surface area contributed by atoms with Crippen LogP contribution in [0.3, 0.4) is 0 Å². The topological polar surface area (TPSA) is 41.6 Å². The van der Waals surface area contributed by atoms with E-state index in [0.717, 1.165) is 16.9 Å². The molecule has 0 aliphatic carbocycles. The van der Waals surface area contributed by atoms with Gasteiger partial charge in [-0.05, 0) is 50.1 Å². The SMILES string of the molecule is Cc1cc(C)c(-c2nc3cc(C#N)ccc3n2C)c(C)c1. The second-order valence-corrected chi connectivity index (χ2v) is 5.58. The van der Waals surface area contributed by atoms with Gasteiger partial charge in [-0.2, -0.15) is 5.26 Å². The van der Waals surface area contributed by atoms with E-state index in [0.29, 0.717) is 5.56 Å². The molecule has 0 fully saturated rings. The average molecular weight is 275 g/mol. The van der Waals surface area contributed by atoms with Gasteiger partial charge in [-0.1, -0.05) is 17.7 Å². The summed E-state index contributed by atoms with van der Waals surface area (Å²) < 4.78 is 2.10. The van der Waals surface area contributed by atoms with E-state index in [9.17, 15) is 0 Å². The van der Waals surface area contributed by atoms with Crippen LogP contribution in [0, 0.1) is 32.1 Å². The molecule has 0 N–H and O–H groups in total. The van der Waals surface area contributed by atoms with Crippen LogP contribution in [0.25, 0.3) is 22.4 Å². The van der Waals surface area contributed by atoms with Crippen molar-refractivity contribution >= 4 is 11.0 Å². The minimum atomic E-state index is 0.643. The maximum atomic E-state index is 9.02. The van der Waals surface area contributed by atoms with Crippen molar-refractivity contribution in [1.29, 1.82) is 5.26 Å². The van der Waals surface area contributed by atoms with Crippen LogP contribution in [0.15, 0.2) is 30.3 Å². The number of aryl methyl sites for hydroxylation is 4. The largest absolute Gasteiger partial charge is 0.327 e. The molecular formula is C18H17N3. The van der Waals surface area contributed by atoms with E-state index in [1.807, 2.05) is 25.2 Å². The highest BCUT2D eigenvalue weighted by Gasteiger charge is 2.14. The number of imidazole rings is 1. The molecular weight excluding hydrogens is 258 g/mol. The molecule has 1 heterocycles. The van der Waals surface area contributed by atoms with E-state index in [-0.39, 0.29) is 0 Å². The summed E-state index contributed by atoms with van der Waals surface area (Å²) in [6.07, 6.45) is 0. The highest BCUT2D eigenvalue weighted by atomic mass is 15.1. The van der Waals surface area contributed by atoms with Crippen molar-refractivity contribution in [2.24, 2.45) is 7.05 Å². The van der Waals surface area contributed by atoms with Gasteiger partial charge in [-0.3, -0.25) is 0 Å². The van der Waals surface area contributed by atoms with Gasteiger partial charge in [0.15, 0.2) is 0 Å². The van der Waals surface area contributed by atoms with Crippen LogP contribution in [0.5, 0.6) is 0 Å². The monoisotopic (exact) mass is 275 g/mol. The maximum Gasteiger partial charge on any atom is 0.141 e. The summed E-state index contributed by atoms with van der Waals surface area (Å²) in [5.41, 5.74) is 7.45. The van der Waals surface area contributed by atoms with Crippen LogP contribution in [-0.4, -0.2) is 9.55 Å². The van der Waals surface area contributed by atoms with E-state index in [2.05, 4.69) is 43.5 Å².